The molecule has 0 radical (unpaired) electrons. The number of aromatic carboxylic acids is 1. The number of aromatic nitrogens is 2. The lowest BCUT2D eigenvalue weighted by Crippen LogP contribution is -2.18. The van der Waals surface area contributed by atoms with E-state index in [1.54, 1.807) is 12.1 Å². The molecule has 1 fully saturated rings. The van der Waals surface area contributed by atoms with Crippen molar-refractivity contribution in [3.05, 3.63) is 50.5 Å². The molecule has 0 spiro atoms. The third-order valence-corrected chi connectivity index (χ3v) is 3.83. The number of carboxylic acids is 1. The van der Waals surface area contributed by atoms with Gasteiger partial charge in [0.1, 0.15) is 5.56 Å². The van der Waals surface area contributed by atoms with Crippen LogP contribution in [0.5, 0.6) is 5.88 Å². The summed E-state index contributed by atoms with van der Waals surface area (Å²) in [5.41, 5.74) is -0.416. The van der Waals surface area contributed by atoms with Crippen molar-refractivity contribution in [3.63, 3.8) is 0 Å². The smallest absolute Gasteiger partial charge is 0.337 e. The molecule has 3 rings (SSSR count). The molecule has 1 saturated carbocycles. The summed E-state index contributed by atoms with van der Waals surface area (Å²) < 4.78 is 1.65. The van der Waals surface area contributed by atoms with Crippen LogP contribution in [0.1, 0.15) is 34.8 Å². The Labute approximate surface area is 135 Å². The summed E-state index contributed by atoms with van der Waals surface area (Å²) in [4.78, 5) is 29.7. The highest BCUT2D eigenvalue weighted by Crippen LogP contribution is 2.38. The molecule has 1 aromatic heterocycles. The van der Waals surface area contributed by atoms with E-state index in [1.807, 2.05) is 0 Å². The van der Waals surface area contributed by atoms with E-state index in [0.717, 1.165) is 19.1 Å². The average Bonchev–Trinajstić information content (AvgIpc) is 3.31. The molecule has 2 aromatic rings. The first kappa shape index (κ1) is 15.2. The van der Waals surface area contributed by atoms with E-state index < -0.39 is 11.5 Å². The van der Waals surface area contributed by atoms with Gasteiger partial charge >= 0.3 is 5.97 Å². The molecule has 0 amide bonds. The standard InChI is InChI=1S/C15H13N3O4S/c19-12-10(13(20)18(8-5-6-8)15(23)17-12)7-16-11-4-2-1-3-9(11)14(21)22/h1-4,7-8,20H,5-6H2,(H,21,22)(H,17,19,23). The first-order chi connectivity index (χ1) is 11.0. The van der Waals surface area contributed by atoms with Crippen molar-refractivity contribution in [3.8, 4) is 5.88 Å². The largest absolute Gasteiger partial charge is 0.494 e. The van der Waals surface area contributed by atoms with Gasteiger partial charge in [0, 0.05) is 12.3 Å². The van der Waals surface area contributed by atoms with Crippen LogP contribution in [0.3, 0.4) is 0 Å². The maximum Gasteiger partial charge on any atom is 0.337 e. The molecule has 0 bridgehead atoms. The van der Waals surface area contributed by atoms with Crippen molar-refractivity contribution in [2.24, 2.45) is 4.99 Å². The van der Waals surface area contributed by atoms with Gasteiger partial charge < -0.3 is 10.2 Å². The van der Waals surface area contributed by atoms with E-state index in [4.69, 9.17) is 17.3 Å². The summed E-state index contributed by atoms with van der Waals surface area (Å²) in [6.45, 7) is 0. The predicted octanol–water partition coefficient (Wildman–Crippen LogP) is 2.40. The van der Waals surface area contributed by atoms with Crippen LogP contribution in [-0.2, 0) is 0 Å². The Kier molecular flexibility index (Phi) is 3.83. The van der Waals surface area contributed by atoms with Gasteiger partial charge in [0.05, 0.1) is 11.3 Å². The molecule has 0 unspecified atom stereocenters. The molecule has 3 N–H and O–H groups in total. The van der Waals surface area contributed by atoms with Crippen LogP contribution in [-0.4, -0.2) is 31.9 Å². The van der Waals surface area contributed by atoms with E-state index in [2.05, 4.69) is 9.98 Å². The molecule has 1 heterocycles. The number of aliphatic imine (C=N–C) groups is 1. The zero-order chi connectivity index (χ0) is 16.6. The van der Waals surface area contributed by atoms with Gasteiger partial charge in [-0.05, 0) is 37.2 Å². The van der Waals surface area contributed by atoms with Gasteiger partial charge in [0.25, 0.3) is 5.56 Å². The quantitative estimate of drug-likeness (QED) is 0.589. The zero-order valence-corrected chi connectivity index (χ0v) is 12.7. The Morgan fingerprint density at radius 2 is 2.09 bits per heavy atom. The van der Waals surface area contributed by atoms with Gasteiger partial charge in [-0.3, -0.25) is 19.3 Å². The normalized spacial score (nSPS) is 14.3. The summed E-state index contributed by atoms with van der Waals surface area (Å²) in [6.07, 6.45) is 2.92. The predicted molar refractivity (Wildman–Crippen MR) is 86.5 cm³/mol. The van der Waals surface area contributed by atoms with E-state index in [0.29, 0.717) is 0 Å². The lowest BCUT2D eigenvalue weighted by Gasteiger charge is -2.09. The van der Waals surface area contributed by atoms with Gasteiger partial charge in [-0.15, -0.1) is 0 Å². The number of aromatic hydroxyl groups is 1. The lowest BCUT2D eigenvalue weighted by molar-refractivity contribution is 0.0698. The van der Waals surface area contributed by atoms with Crippen molar-refractivity contribution >= 4 is 30.1 Å². The van der Waals surface area contributed by atoms with Crippen molar-refractivity contribution in [2.75, 3.05) is 0 Å². The van der Waals surface area contributed by atoms with Crippen LogP contribution in [0.25, 0.3) is 0 Å². The fraction of sp³-hybridized carbons (Fsp3) is 0.200. The maximum atomic E-state index is 12.0. The SMILES string of the molecule is O=C(O)c1ccccc1N=Cc1c(O)n(C2CC2)c(=S)[nH]c1=O. The molecule has 118 valence electrons. The third kappa shape index (κ3) is 2.93. The summed E-state index contributed by atoms with van der Waals surface area (Å²) in [5.74, 6) is -1.37. The highest BCUT2D eigenvalue weighted by molar-refractivity contribution is 7.71. The number of hydrogen-bond donors (Lipinski definition) is 3. The van der Waals surface area contributed by atoms with Gasteiger partial charge in [-0.2, -0.15) is 0 Å². The highest BCUT2D eigenvalue weighted by Gasteiger charge is 2.27. The van der Waals surface area contributed by atoms with E-state index in [9.17, 15) is 14.7 Å². The van der Waals surface area contributed by atoms with Crippen LogP contribution in [0.4, 0.5) is 5.69 Å². The Hall–Kier alpha value is -2.74. The lowest BCUT2D eigenvalue weighted by atomic mass is 10.2. The second-order valence-corrected chi connectivity index (χ2v) is 5.56. The van der Waals surface area contributed by atoms with Gasteiger partial charge in [-0.25, -0.2) is 4.79 Å². The van der Waals surface area contributed by atoms with Gasteiger partial charge in [-0.1, -0.05) is 12.1 Å². The number of rotatable bonds is 4. The monoisotopic (exact) mass is 331 g/mol. The van der Waals surface area contributed by atoms with Crippen LogP contribution in [0.2, 0.25) is 0 Å². The number of carbonyl (C=O) groups is 1. The fourth-order valence-electron chi connectivity index (χ4n) is 2.24. The topological polar surface area (TPSA) is 108 Å². The molecule has 0 atom stereocenters. The molecule has 1 aliphatic carbocycles. The number of para-hydroxylation sites is 1. The summed E-state index contributed by atoms with van der Waals surface area (Å²) in [5, 5.41) is 19.4. The van der Waals surface area contributed by atoms with Crippen molar-refractivity contribution in [1.82, 2.24) is 9.55 Å². The molecular formula is C15H13N3O4S. The summed E-state index contributed by atoms with van der Waals surface area (Å²) in [7, 11) is 0. The molecule has 0 aliphatic heterocycles. The Morgan fingerprint density at radius 1 is 1.39 bits per heavy atom. The highest BCUT2D eigenvalue weighted by atomic mass is 32.1. The van der Waals surface area contributed by atoms with E-state index in [1.165, 1.54) is 16.7 Å². The number of H-pyrrole nitrogens is 1. The number of carboxylic acid groups (broad SMARTS) is 1. The minimum Gasteiger partial charge on any atom is -0.494 e. The van der Waals surface area contributed by atoms with Gasteiger partial charge in [0.2, 0.25) is 5.88 Å². The van der Waals surface area contributed by atoms with Crippen LogP contribution in [0.15, 0.2) is 34.1 Å². The minimum atomic E-state index is -1.12. The second kappa shape index (κ2) is 5.81. The van der Waals surface area contributed by atoms with Crippen molar-refractivity contribution in [1.29, 1.82) is 0 Å². The Bertz CT molecular complexity index is 925. The number of benzene rings is 1. The van der Waals surface area contributed by atoms with Crippen molar-refractivity contribution in [2.45, 2.75) is 18.9 Å². The zero-order valence-electron chi connectivity index (χ0n) is 11.9. The number of hydrogen-bond acceptors (Lipinski definition) is 5. The molecule has 0 saturated heterocycles. The van der Waals surface area contributed by atoms with E-state index in [-0.39, 0.29) is 33.5 Å². The summed E-state index contributed by atoms with van der Waals surface area (Å²) >= 11 is 5.06. The Balaban J connectivity index is 2.07. The Morgan fingerprint density at radius 3 is 2.74 bits per heavy atom. The number of nitrogens with one attached hydrogen (secondary N) is 1. The molecule has 8 heteroatoms. The third-order valence-electron chi connectivity index (χ3n) is 3.53. The molecule has 1 aromatic carbocycles. The average molecular weight is 331 g/mol. The first-order valence-electron chi connectivity index (χ1n) is 6.93. The van der Waals surface area contributed by atoms with Crippen LogP contribution >= 0.6 is 12.2 Å². The minimum absolute atomic E-state index is 0.00891. The second-order valence-electron chi connectivity index (χ2n) is 5.18. The molecule has 23 heavy (non-hydrogen) atoms. The maximum absolute atomic E-state index is 12.0. The fourth-order valence-corrected chi connectivity index (χ4v) is 2.57. The molecule has 7 nitrogen and oxygen atoms in total. The number of nitrogens with zero attached hydrogens (tertiary/aromatic N) is 2. The number of aromatic amines is 1. The van der Waals surface area contributed by atoms with Crippen molar-refractivity contribution < 1.29 is 15.0 Å². The van der Waals surface area contributed by atoms with Crippen LogP contribution < -0.4 is 5.56 Å². The summed E-state index contributed by atoms with van der Waals surface area (Å²) in [6, 6.07) is 6.23. The molecular weight excluding hydrogens is 318 g/mol. The van der Waals surface area contributed by atoms with E-state index >= 15 is 0 Å². The van der Waals surface area contributed by atoms with Crippen LogP contribution in [0, 0.1) is 4.77 Å². The molecule has 1 aliphatic rings. The first-order valence-corrected chi connectivity index (χ1v) is 7.34. The van der Waals surface area contributed by atoms with Gasteiger partial charge in [0.15, 0.2) is 4.77 Å².